The van der Waals surface area contributed by atoms with Gasteiger partial charge < -0.3 is 10.1 Å². The normalized spacial score (nSPS) is 10.1. The second-order valence-corrected chi connectivity index (χ2v) is 5.29. The number of benzene rings is 1. The number of nitriles is 1. The average molecular weight is 306 g/mol. The predicted octanol–water partition coefficient (Wildman–Crippen LogP) is 2.29. The molecule has 1 N–H and O–H groups in total. The first-order valence-corrected chi connectivity index (χ1v) is 7.03. The summed E-state index contributed by atoms with van der Waals surface area (Å²) in [6.07, 6.45) is 1.09. The third-order valence-electron chi connectivity index (χ3n) is 2.94. The van der Waals surface area contributed by atoms with E-state index in [1.165, 1.54) is 12.1 Å². The van der Waals surface area contributed by atoms with E-state index in [-0.39, 0.29) is 30.2 Å². The standard InChI is InChI=1S/C16H19FN2O3/c1-11(2)3-6-15(20)19-9-16(21)22-10-13-7-12(8-18)4-5-14(13)17/h4-5,7,11H,3,6,9-10H2,1-2H3,(H,19,20). The Morgan fingerprint density at radius 3 is 2.77 bits per heavy atom. The van der Waals surface area contributed by atoms with Crippen LogP contribution in [-0.4, -0.2) is 18.4 Å². The fraction of sp³-hybridized carbons (Fsp3) is 0.438. The molecule has 1 aromatic carbocycles. The summed E-state index contributed by atoms with van der Waals surface area (Å²) < 4.78 is 18.4. The summed E-state index contributed by atoms with van der Waals surface area (Å²) in [6, 6.07) is 5.70. The molecule has 0 spiro atoms. The number of rotatable bonds is 7. The molecule has 0 saturated carbocycles. The lowest BCUT2D eigenvalue weighted by molar-refractivity contribution is -0.145. The molecule has 118 valence electrons. The molecule has 0 aromatic heterocycles. The Morgan fingerprint density at radius 1 is 1.41 bits per heavy atom. The highest BCUT2D eigenvalue weighted by Gasteiger charge is 2.10. The van der Waals surface area contributed by atoms with Crippen molar-refractivity contribution in [3.63, 3.8) is 0 Å². The van der Waals surface area contributed by atoms with Crippen LogP contribution < -0.4 is 5.32 Å². The van der Waals surface area contributed by atoms with Gasteiger partial charge in [-0.2, -0.15) is 5.26 Å². The van der Waals surface area contributed by atoms with E-state index >= 15 is 0 Å². The fourth-order valence-corrected chi connectivity index (χ4v) is 1.64. The van der Waals surface area contributed by atoms with Crippen LogP contribution in [0.4, 0.5) is 4.39 Å². The molecule has 0 heterocycles. The van der Waals surface area contributed by atoms with Crippen molar-refractivity contribution >= 4 is 11.9 Å². The summed E-state index contributed by atoms with van der Waals surface area (Å²) in [4.78, 5) is 22.9. The van der Waals surface area contributed by atoms with E-state index in [0.29, 0.717) is 12.3 Å². The summed E-state index contributed by atoms with van der Waals surface area (Å²) in [7, 11) is 0. The van der Waals surface area contributed by atoms with Gasteiger partial charge in [-0.15, -0.1) is 0 Å². The monoisotopic (exact) mass is 306 g/mol. The highest BCUT2D eigenvalue weighted by Crippen LogP contribution is 2.11. The molecule has 0 aliphatic heterocycles. The Kier molecular flexibility index (Phi) is 7.03. The smallest absolute Gasteiger partial charge is 0.325 e. The molecule has 0 bridgehead atoms. The van der Waals surface area contributed by atoms with Crippen LogP contribution >= 0.6 is 0 Å². The predicted molar refractivity (Wildman–Crippen MR) is 78.0 cm³/mol. The SMILES string of the molecule is CC(C)CCC(=O)NCC(=O)OCc1cc(C#N)ccc1F. The van der Waals surface area contributed by atoms with E-state index in [1.54, 1.807) is 0 Å². The van der Waals surface area contributed by atoms with Crippen molar-refractivity contribution in [1.82, 2.24) is 5.32 Å². The summed E-state index contributed by atoms with van der Waals surface area (Å²) in [5.41, 5.74) is 0.410. The third kappa shape index (κ3) is 6.35. The van der Waals surface area contributed by atoms with Crippen molar-refractivity contribution in [2.45, 2.75) is 33.3 Å². The number of nitrogens with one attached hydrogen (secondary N) is 1. The van der Waals surface area contributed by atoms with Crippen LogP contribution in [0.1, 0.15) is 37.8 Å². The van der Waals surface area contributed by atoms with Crippen LogP contribution in [-0.2, 0) is 20.9 Å². The molecule has 0 aliphatic rings. The van der Waals surface area contributed by atoms with E-state index in [2.05, 4.69) is 5.32 Å². The molecule has 1 rings (SSSR count). The number of carbonyl (C=O) groups excluding carboxylic acids is 2. The molecule has 0 atom stereocenters. The number of ether oxygens (including phenoxy) is 1. The first kappa shape index (κ1) is 17.6. The zero-order valence-electron chi connectivity index (χ0n) is 12.7. The molecule has 6 heteroatoms. The largest absolute Gasteiger partial charge is 0.459 e. The molecule has 1 amide bonds. The maximum atomic E-state index is 13.5. The van der Waals surface area contributed by atoms with Gasteiger partial charge in [0.15, 0.2) is 0 Å². The van der Waals surface area contributed by atoms with Gasteiger partial charge in [0.05, 0.1) is 11.6 Å². The lowest BCUT2D eigenvalue weighted by Gasteiger charge is -2.08. The number of nitrogens with zero attached hydrogens (tertiary/aromatic N) is 1. The molecule has 0 unspecified atom stereocenters. The zero-order valence-corrected chi connectivity index (χ0v) is 12.7. The fourth-order valence-electron chi connectivity index (χ4n) is 1.64. The van der Waals surface area contributed by atoms with Crippen LogP contribution in [0, 0.1) is 23.1 Å². The second-order valence-electron chi connectivity index (χ2n) is 5.29. The van der Waals surface area contributed by atoms with Crippen molar-refractivity contribution in [2.24, 2.45) is 5.92 Å². The van der Waals surface area contributed by atoms with Crippen LogP contribution in [0.15, 0.2) is 18.2 Å². The zero-order chi connectivity index (χ0) is 16.5. The Balaban J connectivity index is 2.37. The van der Waals surface area contributed by atoms with Gasteiger partial charge in [-0.05, 0) is 30.5 Å². The number of esters is 1. The van der Waals surface area contributed by atoms with Crippen molar-refractivity contribution in [2.75, 3.05) is 6.54 Å². The Labute approximate surface area is 129 Å². The molecule has 1 aromatic rings. The topological polar surface area (TPSA) is 79.2 Å². The van der Waals surface area contributed by atoms with E-state index in [1.807, 2.05) is 19.9 Å². The lowest BCUT2D eigenvalue weighted by atomic mass is 10.1. The van der Waals surface area contributed by atoms with Crippen LogP contribution in [0.5, 0.6) is 0 Å². The first-order chi connectivity index (χ1) is 10.4. The van der Waals surface area contributed by atoms with Gasteiger partial charge in [-0.1, -0.05) is 13.8 Å². The molecule has 0 fully saturated rings. The Bertz CT molecular complexity index is 579. The first-order valence-electron chi connectivity index (χ1n) is 7.03. The van der Waals surface area contributed by atoms with Crippen LogP contribution in [0.2, 0.25) is 0 Å². The van der Waals surface area contributed by atoms with E-state index in [4.69, 9.17) is 10.00 Å². The molecule has 0 aliphatic carbocycles. The lowest BCUT2D eigenvalue weighted by Crippen LogP contribution is -2.30. The molecule has 0 radical (unpaired) electrons. The van der Waals surface area contributed by atoms with E-state index in [9.17, 15) is 14.0 Å². The molecule has 22 heavy (non-hydrogen) atoms. The van der Waals surface area contributed by atoms with Gasteiger partial charge in [0.25, 0.3) is 0 Å². The van der Waals surface area contributed by atoms with Gasteiger partial charge in [-0.3, -0.25) is 9.59 Å². The Morgan fingerprint density at radius 2 is 2.14 bits per heavy atom. The molecule has 5 nitrogen and oxygen atoms in total. The number of hydrogen-bond acceptors (Lipinski definition) is 4. The van der Waals surface area contributed by atoms with Crippen molar-refractivity contribution in [1.29, 1.82) is 5.26 Å². The van der Waals surface area contributed by atoms with Gasteiger partial charge >= 0.3 is 5.97 Å². The summed E-state index contributed by atoms with van der Waals surface area (Å²) in [5.74, 6) is -1.01. The van der Waals surface area contributed by atoms with Crippen molar-refractivity contribution in [3.05, 3.63) is 35.1 Å². The number of hydrogen-bond donors (Lipinski definition) is 1. The highest BCUT2D eigenvalue weighted by molar-refractivity contribution is 5.81. The van der Waals surface area contributed by atoms with Crippen LogP contribution in [0.3, 0.4) is 0 Å². The van der Waals surface area contributed by atoms with Gasteiger partial charge in [0.1, 0.15) is 19.0 Å². The summed E-state index contributed by atoms with van der Waals surface area (Å²) in [6.45, 7) is 3.48. The van der Waals surface area contributed by atoms with Crippen molar-refractivity contribution in [3.8, 4) is 6.07 Å². The quantitative estimate of drug-likeness (QED) is 0.784. The minimum Gasteiger partial charge on any atom is -0.459 e. The van der Waals surface area contributed by atoms with E-state index in [0.717, 1.165) is 12.5 Å². The minimum atomic E-state index is -0.653. The number of carbonyl (C=O) groups is 2. The minimum absolute atomic E-state index is 0.124. The van der Waals surface area contributed by atoms with Gasteiger partial charge in [-0.25, -0.2) is 4.39 Å². The molecule has 0 saturated heterocycles. The number of amides is 1. The Hall–Kier alpha value is -2.42. The number of halogens is 1. The van der Waals surface area contributed by atoms with Gasteiger partial charge in [0.2, 0.25) is 5.91 Å². The maximum absolute atomic E-state index is 13.5. The van der Waals surface area contributed by atoms with Crippen LogP contribution in [0.25, 0.3) is 0 Å². The van der Waals surface area contributed by atoms with Crippen molar-refractivity contribution < 1.29 is 18.7 Å². The maximum Gasteiger partial charge on any atom is 0.325 e. The summed E-state index contributed by atoms with van der Waals surface area (Å²) in [5, 5.41) is 11.2. The molecular weight excluding hydrogens is 287 g/mol. The average Bonchev–Trinajstić information content (AvgIpc) is 2.50. The van der Waals surface area contributed by atoms with Gasteiger partial charge in [0, 0.05) is 12.0 Å². The highest BCUT2D eigenvalue weighted by atomic mass is 19.1. The molecular formula is C16H19FN2O3. The second kappa shape index (κ2) is 8.78. The van der Waals surface area contributed by atoms with E-state index < -0.39 is 11.8 Å². The summed E-state index contributed by atoms with van der Waals surface area (Å²) >= 11 is 0. The third-order valence-corrected chi connectivity index (χ3v) is 2.94.